The third kappa shape index (κ3) is 5.06. The van der Waals surface area contributed by atoms with Crippen molar-refractivity contribution in [1.82, 2.24) is 4.57 Å². The van der Waals surface area contributed by atoms with E-state index in [9.17, 15) is 23.3 Å². The van der Waals surface area contributed by atoms with Crippen LogP contribution in [0.25, 0.3) is 10.2 Å². The predicted molar refractivity (Wildman–Crippen MR) is 117 cm³/mol. The van der Waals surface area contributed by atoms with Crippen molar-refractivity contribution in [2.75, 3.05) is 19.0 Å². The van der Waals surface area contributed by atoms with Crippen LogP contribution in [0.2, 0.25) is 0 Å². The number of hydrogen-bond acceptors (Lipinski definition) is 7. The summed E-state index contributed by atoms with van der Waals surface area (Å²) < 4.78 is 31.7. The van der Waals surface area contributed by atoms with E-state index in [1.807, 2.05) is 6.92 Å². The molecule has 0 fully saturated rings. The number of fused-ring (bicyclic) bond motifs is 1. The normalized spacial score (nSPS) is 12.4. The summed E-state index contributed by atoms with van der Waals surface area (Å²) in [5, 5.41) is 11.1. The monoisotopic (exact) mass is 463 g/mol. The fourth-order valence-corrected chi connectivity index (χ4v) is 4.87. The number of amides is 1. The summed E-state index contributed by atoms with van der Waals surface area (Å²) >= 11 is 1.17. The minimum absolute atomic E-state index is 0.0293. The summed E-state index contributed by atoms with van der Waals surface area (Å²) in [7, 11) is -3.36. The molecule has 3 rings (SSSR count). The lowest BCUT2D eigenvalue weighted by Gasteiger charge is -2.05. The smallest absolute Gasteiger partial charge is 0.279 e. The molecule has 0 aliphatic carbocycles. The Labute approximate surface area is 182 Å². The Hall–Kier alpha value is -2.89. The van der Waals surface area contributed by atoms with Gasteiger partial charge in [-0.1, -0.05) is 18.3 Å². The fourth-order valence-electron chi connectivity index (χ4n) is 2.90. The Balaban J connectivity index is 2.03. The third-order valence-electron chi connectivity index (χ3n) is 4.58. The molecule has 0 unspecified atom stereocenters. The van der Waals surface area contributed by atoms with Crippen molar-refractivity contribution in [3.05, 3.63) is 62.9 Å². The minimum Gasteiger partial charge on any atom is -0.380 e. The average molecular weight is 464 g/mol. The Morgan fingerprint density at radius 2 is 1.90 bits per heavy atom. The average Bonchev–Trinajstić information content (AvgIpc) is 3.10. The van der Waals surface area contributed by atoms with E-state index in [1.54, 1.807) is 17.6 Å². The molecule has 11 heteroatoms. The van der Waals surface area contributed by atoms with Crippen LogP contribution < -0.4 is 4.80 Å². The SMILES string of the molecule is CCOCCn1c(=NC(=O)c2ccc(S(=O)(=O)CC)cc2)sc2cc([N+](=O)[O-])ccc21. The summed E-state index contributed by atoms with van der Waals surface area (Å²) in [5.41, 5.74) is 0.914. The first kappa shape index (κ1) is 22.8. The zero-order valence-corrected chi connectivity index (χ0v) is 18.6. The molecular formula is C20H21N3O6S2. The van der Waals surface area contributed by atoms with E-state index >= 15 is 0 Å². The van der Waals surface area contributed by atoms with Crippen molar-refractivity contribution in [3.8, 4) is 0 Å². The van der Waals surface area contributed by atoms with E-state index in [2.05, 4.69) is 4.99 Å². The van der Waals surface area contributed by atoms with E-state index in [-0.39, 0.29) is 21.9 Å². The number of nitro groups is 1. The topological polar surface area (TPSA) is 121 Å². The maximum Gasteiger partial charge on any atom is 0.279 e. The van der Waals surface area contributed by atoms with Gasteiger partial charge in [-0.2, -0.15) is 4.99 Å². The van der Waals surface area contributed by atoms with E-state index < -0.39 is 20.7 Å². The molecule has 0 bridgehead atoms. The highest BCUT2D eigenvalue weighted by atomic mass is 32.2. The maximum atomic E-state index is 12.7. The number of aromatic nitrogens is 1. The minimum atomic E-state index is -3.36. The molecular weight excluding hydrogens is 442 g/mol. The Bertz CT molecular complexity index is 1290. The van der Waals surface area contributed by atoms with Gasteiger partial charge in [-0.15, -0.1) is 0 Å². The number of hydrogen-bond donors (Lipinski definition) is 0. The quantitative estimate of drug-likeness (QED) is 0.287. The molecule has 0 radical (unpaired) electrons. The molecule has 0 spiro atoms. The number of thiazole rings is 1. The number of rotatable bonds is 8. The van der Waals surface area contributed by atoms with E-state index in [0.29, 0.717) is 34.8 Å². The van der Waals surface area contributed by atoms with Gasteiger partial charge in [-0.05, 0) is 37.3 Å². The van der Waals surface area contributed by atoms with Gasteiger partial charge in [0.15, 0.2) is 14.6 Å². The standard InChI is InChI=1S/C20H21N3O6S2/c1-3-29-12-11-22-17-10-7-15(23(25)26)13-18(17)30-20(22)21-19(24)14-5-8-16(9-6-14)31(27,28)4-2/h5-10,13H,3-4,11-12H2,1-2H3. The molecule has 3 aromatic rings. The van der Waals surface area contributed by atoms with Crippen molar-refractivity contribution in [1.29, 1.82) is 0 Å². The van der Waals surface area contributed by atoms with Crippen LogP contribution in [0, 0.1) is 10.1 Å². The van der Waals surface area contributed by atoms with Crippen LogP contribution in [0.4, 0.5) is 5.69 Å². The number of ether oxygens (including phenoxy) is 1. The molecule has 1 heterocycles. The van der Waals surface area contributed by atoms with E-state index in [0.717, 1.165) is 0 Å². The van der Waals surface area contributed by atoms with Gasteiger partial charge >= 0.3 is 0 Å². The van der Waals surface area contributed by atoms with Crippen molar-refractivity contribution in [2.24, 2.45) is 4.99 Å². The first-order valence-electron chi connectivity index (χ1n) is 9.54. The zero-order valence-electron chi connectivity index (χ0n) is 17.0. The van der Waals surface area contributed by atoms with E-state index in [1.165, 1.54) is 47.7 Å². The van der Waals surface area contributed by atoms with Gasteiger partial charge in [0.1, 0.15) is 0 Å². The molecule has 2 aromatic carbocycles. The number of sulfone groups is 1. The maximum absolute atomic E-state index is 12.7. The zero-order chi connectivity index (χ0) is 22.6. The van der Waals surface area contributed by atoms with Crippen molar-refractivity contribution in [2.45, 2.75) is 25.3 Å². The molecule has 0 atom stereocenters. The summed E-state index contributed by atoms with van der Waals surface area (Å²) in [6, 6.07) is 10.1. The van der Waals surface area contributed by atoms with Gasteiger partial charge < -0.3 is 9.30 Å². The summed E-state index contributed by atoms with van der Waals surface area (Å²) in [4.78, 5) is 28.1. The summed E-state index contributed by atoms with van der Waals surface area (Å²) in [6.07, 6.45) is 0. The highest BCUT2D eigenvalue weighted by Gasteiger charge is 2.15. The van der Waals surface area contributed by atoms with Gasteiger partial charge in [0.25, 0.3) is 11.6 Å². The lowest BCUT2D eigenvalue weighted by molar-refractivity contribution is -0.384. The Kier molecular flexibility index (Phi) is 6.98. The molecule has 0 N–H and O–H groups in total. The lowest BCUT2D eigenvalue weighted by Crippen LogP contribution is -2.19. The van der Waals surface area contributed by atoms with Gasteiger partial charge in [0.05, 0.1) is 32.4 Å². The molecule has 0 saturated carbocycles. The van der Waals surface area contributed by atoms with Crippen LogP contribution in [0.5, 0.6) is 0 Å². The van der Waals surface area contributed by atoms with Crippen LogP contribution in [-0.2, 0) is 21.1 Å². The molecule has 9 nitrogen and oxygen atoms in total. The fraction of sp³-hybridized carbons (Fsp3) is 0.300. The van der Waals surface area contributed by atoms with Crippen LogP contribution in [-0.4, -0.2) is 42.8 Å². The number of carbonyl (C=O) groups is 1. The van der Waals surface area contributed by atoms with Crippen LogP contribution in [0.1, 0.15) is 24.2 Å². The van der Waals surface area contributed by atoms with Crippen LogP contribution in [0.15, 0.2) is 52.4 Å². The molecule has 1 amide bonds. The van der Waals surface area contributed by atoms with Gasteiger partial charge in [-0.3, -0.25) is 14.9 Å². The molecule has 0 aliphatic heterocycles. The van der Waals surface area contributed by atoms with Crippen LogP contribution in [0.3, 0.4) is 0 Å². The summed E-state index contributed by atoms with van der Waals surface area (Å²) in [6.45, 7) is 4.77. The first-order valence-corrected chi connectivity index (χ1v) is 12.0. The second-order valence-electron chi connectivity index (χ2n) is 6.49. The largest absolute Gasteiger partial charge is 0.380 e. The van der Waals surface area contributed by atoms with Crippen molar-refractivity contribution in [3.63, 3.8) is 0 Å². The number of non-ortho nitro benzene ring substituents is 1. The number of benzene rings is 2. The lowest BCUT2D eigenvalue weighted by atomic mass is 10.2. The number of nitrogens with zero attached hydrogens (tertiary/aromatic N) is 3. The molecule has 31 heavy (non-hydrogen) atoms. The summed E-state index contributed by atoms with van der Waals surface area (Å²) in [5.74, 6) is -0.565. The van der Waals surface area contributed by atoms with Gasteiger partial charge in [0.2, 0.25) is 0 Å². The highest BCUT2D eigenvalue weighted by Crippen LogP contribution is 2.23. The van der Waals surface area contributed by atoms with Gasteiger partial charge in [0, 0.05) is 30.8 Å². The second kappa shape index (κ2) is 9.50. The van der Waals surface area contributed by atoms with Gasteiger partial charge in [-0.25, -0.2) is 8.42 Å². The molecule has 0 aliphatic rings. The Morgan fingerprint density at radius 3 is 2.52 bits per heavy atom. The molecule has 164 valence electrons. The van der Waals surface area contributed by atoms with E-state index in [4.69, 9.17) is 4.74 Å². The van der Waals surface area contributed by atoms with Crippen molar-refractivity contribution >= 4 is 43.0 Å². The molecule has 1 aromatic heterocycles. The number of nitro benzene ring substituents is 1. The van der Waals surface area contributed by atoms with Crippen LogP contribution >= 0.6 is 11.3 Å². The Morgan fingerprint density at radius 1 is 1.19 bits per heavy atom. The van der Waals surface area contributed by atoms with Crippen molar-refractivity contribution < 1.29 is 22.9 Å². The highest BCUT2D eigenvalue weighted by molar-refractivity contribution is 7.91. The number of carbonyl (C=O) groups excluding carboxylic acids is 1. The third-order valence-corrected chi connectivity index (χ3v) is 7.37. The second-order valence-corrected chi connectivity index (χ2v) is 9.77. The first-order chi connectivity index (χ1) is 14.8. The molecule has 0 saturated heterocycles. The predicted octanol–water partition coefficient (Wildman–Crippen LogP) is 3.18.